The van der Waals surface area contributed by atoms with E-state index in [-0.39, 0.29) is 11.9 Å². The third-order valence-electron chi connectivity index (χ3n) is 4.65. The van der Waals surface area contributed by atoms with Gasteiger partial charge < -0.3 is 10.3 Å². The first-order valence-corrected chi connectivity index (χ1v) is 8.48. The third-order valence-corrected chi connectivity index (χ3v) is 4.65. The van der Waals surface area contributed by atoms with Crippen LogP contribution in [-0.2, 0) is 4.79 Å². The maximum Gasteiger partial charge on any atom is 0.237 e. The second kappa shape index (κ2) is 7.01. The van der Waals surface area contributed by atoms with Crippen LogP contribution in [0, 0.1) is 0 Å². The van der Waals surface area contributed by atoms with Gasteiger partial charge in [-0.25, -0.2) is 0 Å². The second-order valence-electron chi connectivity index (χ2n) is 6.19. The molecular formula is C19H25N3O. The number of benzene rings is 1. The van der Waals surface area contributed by atoms with Crippen LogP contribution in [0.5, 0.6) is 0 Å². The number of carbonyl (C=O) groups excluding carboxylic acids is 1. The van der Waals surface area contributed by atoms with Gasteiger partial charge >= 0.3 is 0 Å². The van der Waals surface area contributed by atoms with Crippen molar-refractivity contribution >= 4 is 22.4 Å². The molecule has 4 heteroatoms. The Bertz CT molecular complexity index is 716. The lowest BCUT2D eigenvalue weighted by atomic mass is 9.98. The molecular weight excluding hydrogens is 286 g/mol. The van der Waals surface area contributed by atoms with E-state index < -0.39 is 0 Å². The number of fused-ring (bicyclic) bond motifs is 1. The molecule has 122 valence electrons. The van der Waals surface area contributed by atoms with E-state index in [0.29, 0.717) is 0 Å². The van der Waals surface area contributed by atoms with Gasteiger partial charge in [0.15, 0.2) is 0 Å². The Kier molecular flexibility index (Phi) is 4.82. The lowest BCUT2D eigenvalue weighted by Gasteiger charge is -2.31. The molecule has 2 aromatic rings. The fraction of sp³-hybridized carbons (Fsp3) is 0.421. The molecule has 0 radical (unpaired) electrons. The zero-order valence-electron chi connectivity index (χ0n) is 13.9. The number of rotatable bonds is 5. The number of nitrogens with zero attached hydrogens (tertiary/aromatic N) is 1. The van der Waals surface area contributed by atoms with E-state index in [2.05, 4.69) is 58.7 Å². The summed E-state index contributed by atoms with van der Waals surface area (Å²) in [5.74, 6) is 0.135. The van der Waals surface area contributed by atoms with Crippen LogP contribution in [-0.4, -0.2) is 41.5 Å². The predicted molar refractivity (Wildman–Crippen MR) is 95.2 cm³/mol. The third kappa shape index (κ3) is 3.32. The number of hydrogen-bond donors (Lipinski definition) is 2. The summed E-state index contributed by atoms with van der Waals surface area (Å²) < 4.78 is 0. The van der Waals surface area contributed by atoms with Crippen molar-refractivity contribution in [3.63, 3.8) is 0 Å². The van der Waals surface area contributed by atoms with Crippen LogP contribution in [0.15, 0.2) is 36.5 Å². The Hall–Kier alpha value is -2.07. The minimum atomic E-state index is -0.0673. The zero-order chi connectivity index (χ0) is 16.2. The van der Waals surface area contributed by atoms with Crippen molar-refractivity contribution in [2.24, 2.45) is 0 Å². The zero-order valence-corrected chi connectivity index (χ0v) is 13.9. The predicted octanol–water partition coefficient (Wildman–Crippen LogP) is 3.17. The highest BCUT2D eigenvalue weighted by Gasteiger charge is 2.23. The van der Waals surface area contributed by atoms with Gasteiger partial charge in [0.1, 0.15) is 0 Å². The first kappa shape index (κ1) is 15.8. The van der Waals surface area contributed by atoms with E-state index in [1.807, 2.05) is 6.92 Å². The number of para-hydroxylation sites is 1. The highest BCUT2D eigenvalue weighted by atomic mass is 16.2. The molecule has 3 rings (SSSR count). The average Bonchev–Trinajstić information content (AvgIpc) is 3.03. The quantitative estimate of drug-likeness (QED) is 0.891. The van der Waals surface area contributed by atoms with Crippen molar-refractivity contribution in [1.29, 1.82) is 0 Å². The van der Waals surface area contributed by atoms with Crippen molar-refractivity contribution in [1.82, 2.24) is 15.2 Å². The van der Waals surface area contributed by atoms with Gasteiger partial charge in [0.2, 0.25) is 5.91 Å². The monoisotopic (exact) mass is 311 g/mol. The Morgan fingerprint density at radius 3 is 2.96 bits per heavy atom. The molecule has 0 unspecified atom stereocenters. The normalized spacial score (nSPS) is 17.0. The summed E-state index contributed by atoms with van der Waals surface area (Å²) >= 11 is 0. The van der Waals surface area contributed by atoms with Gasteiger partial charge in [0.05, 0.1) is 6.04 Å². The highest BCUT2D eigenvalue weighted by molar-refractivity contribution is 5.92. The maximum atomic E-state index is 12.1. The molecule has 0 fully saturated rings. The molecule has 1 aromatic carbocycles. The van der Waals surface area contributed by atoms with Gasteiger partial charge in [-0.3, -0.25) is 9.69 Å². The van der Waals surface area contributed by atoms with Crippen molar-refractivity contribution in [2.45, 2.75) is 32.7 Å². The van der Waals surface area contributed by atoms with Gasteiger partial charge in [0.25, 0.3) is 0 Å². The molecule has 1 aromatic heterocycles. The molecule has 0 aliphatic carbocycles. The van der Waals surface area contributed by atoms with Crippen LogP contribution < -0.4 is 5.32 Å². The summed E-state index contributed by atoms with van der Waals surface area (Å²) in [6, 6.07) is 8.33. The Balaban J connectivity index is 1.70. The SMILES string of the molecule is CCCNC(=O)[C@@H](C)N1CC=C(c2c[nH]c3ccccc23)CC1. The number of aromatic nitrogens is 1. The molecule has 23 heavy (non-hydrogen) atoms. The molecule has 1 atom stereocenters. The number of aromatic amines is 1. The molecule has 2 N–H and O–H groups in total. The molecule has 1 amide bonds. The minimum absolute atomic E-state index is 0.0673. The number of hydrogen-bond acceptors (Lipinski definition) is 2. The fourth-order valence-electron chi connectivity index (χ4n) is 3.18. The smallest absolute Gasteiger partial charge is 0.237 e. The summed E-state index contributed by atoms with van der Waals surface area (Å²) in [5, 5.41) is 4.26. The van der Waals surface area contributed by atoms with Gasteiger partial charge in [-0.05, 0) is 31.4 Å². The average molecular weight is 311 g/mol. The first-order chi connectivity index (χ1) is 11.2. The molecule has 2 heterocycles. The summed E-state index contributed by atoms with van der Waals surface area (Å²) in [4.78, 5) is 17.7. The highest BCUT2D eigenvalue weighted by Crippen LogP contribution is 2.29. The number of H-pyrrole nitrogens is 1. The molecule has 4 nitrogen and oxygen atoms in total. The van der Waals surface area contributed by atoms with Crippen LogP contribution in [0.2, 0.25) is 0 Å². The van der Waals surface area contributed by atoms with E-state index in [1.165, 1.54) is 22.0 Å². The minimum Gasteiger partial charge on any atom is -0.361 e. The number of nitrogens with one attached hydrogen (secondary N) is 2. The van der Waals surface area contributed by atoms with Crippen LogP contribution in [0.3, 0.4) is 0 Å². The standard InChI is InChI=1S/C19H25N3O/c1-3-10-20-19(23)14(2)22-11-8-15(9-12-22)17-13-21-18-7-5-4-6-16(17)18/h4-8,13-14,21H,3,9-12H2,1-2H3,(H,20,23)/t14-/m1/s1. The first-order valence-electron chi connectivity index (χ1n) is 8.48. The second-order valence-corrected chi connectivity index (χ2v) is 6.19. The van der Waals surface area contributed by atoms with E-state index in [1.54, 1.807) is 0 Å². The van der Waals surface area contributed by atoms with Crippen molar-refractivity contribution in [3.05, 3.63) is 42.1 Å². The summed E-state index contributed by atoms with van der Waals surface area (Å²) in [5.41, 5.74) is 3.85. The molecule has 0 spiro atoms. The lowest BCUT2D eigenvalue weighted by Crippen LogP contribution is -2.46. The van der Waals surface area contributed by atoms with Gasteiger partial charge in [-0.15, -0.1) is 0 Å². The van der Waals surface area contributed by atoms with Gasteiger partial charge in [0, 0.05) is 42.3 Å². The van der Waals surface area contributed by atoms with Gasteiger partial charge in [-0.1, -0.05) is 31.2 Å². The summed E-state index contributed by atoms with van der Waals surface area (Å²) in [7, 11) is 0. The largest absolute Gasteiger partial charge is 0.361 e. The van der Waals surface area contributed by atoms with E-state index >= 15 is 0 Å². The van der Waals surface area contributed by atoms with Crippen LogP contribution in [0.25, 0.3) is 16.5 Å². The summed E-state index contributed by atoms with van der Waals surface area (Å²) in [6.45, 7) is 6.58. The Morgan fingerprint density at radius 1 is 1.39 bits per heavy atom. The van der Waals surface area contributed by atoms with Crippen molar-refractivity contribution in [2.75, 3.05) is 19.6 Å². The lowest BCUT2D eigenvalue weighted by molar-refractivity contribution is -0.125. The molecule has 1 aliphatic heterocycles. The molecule has 0 bridgehead atoms. The van der Waals surface area contributed by atoms with E-state index in [9.17, 15) is 4.79 Å². The van der Waals surface area contributed by atoms with Gasteiger partial charge in [-0.2, -0.15) is 0 Å². The summed E-state index contributed by atoms with van der Waals surface area (Å²) in [6.07, 6.45) is 6.32. The van der Waals surface area contributed by atoms with Crippen LogP contribution in [0.1, 0.15) is 32.3 Å². The Morgan fingerprint density at radius 2 is 2.22 bits per heavy atom. The molecule has 0 saturated carbocycles. The molecule has 0 saturated heterocycles. The van der Waals surface area contributed by atoms with E-state index in [4.69, 9.17) is 0 Å². The number of amides is 1. The maximum absolute atomic E-state index is 12.1. The fourth-order valence-corrected chi connectivity index (χ4v) is 3.18. The Labute approximate surface area is 137 Å². The topological polar surface area (TPSA) is 48.1 Å². The van der Waals surface area contributed by atoms with Crippen molar-refractivity contribution < 1.29 is 4.79 Å². The molecule has 1 aliphatic rings. The van der Waals surface area contributed by atoms with E-state index in [0.717, 1.165) is 32.5 Å². The van der Waals surface area contributed by atoms with Crippen molar-refractivity contribution in [3.8, 4) is 0 Å². The van der Waals surface area contributed by atoms with Crippen LogP contribution in [0.4, 0.5) is 0 Å². The number of carbonyl (C=O) groups is 1. The van der Waals surface area contributed by atoms with Crippen LogP contribution >= 0.6 is 0 Å².